The summed E-state index contributed by atoms with van der Waals surface area (Å²) in [7, 11) is 0. The van der Waals surface area contributed by atoms with Crippen molar-refractivity contribution in [2.45, 2.75) is 53.8 Å². The Kier molecular flexibility index (Phi) is 8.92. The molecule has 148 valence electrons. The fourth-order valence-electron chi connectivity index (χ4n) is 3.00. The second-order valence-corrected chi connectivity index (χ2v) is 6.96. The van der Waals surface area contributed by atoms with E-state index in [-0.39, 0.29) is 18.0 Å². The zero-order valence-corrected chi connectivity index (χ0v) is 17.0. The third-order valence-electron chi connectivity index (χ3n) is 3.96. The summed E-state index contributed by atoms with van der Waals surface area (Å²) in [5.41, 5.74) is 0.528. The number of carbonyl (C=O) groups excluding carboxylic acids is 3. The van der Waals surface area contributed by atoms with E-state index in [2.05, 4.69) is 0 Å². The molecule has 0 aliphatic heterocycles. The van der Waals surface area contributed by atoms with Gasteiger partial charge in [0.15, 0.2) is 5.78 Å². The Bertz CT molecular complexity index is 664. The Labute approximate surface area is 161 Å². The summed E-state index contributed by atoms with van der Waals surface area (Å²) < 4.78 is 10.7. The lowest BCUT2D eigenvalue weighted by Gasteiger charge is -2.33. The van der Waals surface area contributed by atoms with Crippen LogP contribution in [-0.4, -0.2) is 29.9 Å². The van der Waals surface area contributed by atoms with Crippen molar-refractivity contribution in [1.82, 2.24) is 0 Å². The van der Waals surface area contributed by atoms with Crippen molar-refractivity contribution in [3.05, 3.63) is 48.1 Å². The Morgan fingerprint density at radius 3 is 1.96 bits per heavy atom. The topological polar surface area (TPSA) is 69.7 Å². The highest BCUT2D eigenvalue weighted by atomic mass is 16.5. The van der Waals surface area contributed by atoms with Crippen LogP contribution in [0.4, 0.5) is 0 Å². The van der Waals surface area contributed by atoms with Crippen LogP contribution in [0.25, 0.3) is 0 Å². The molecular formula is C22H30O5. The lowest BCUT2D eigenvalue weighted by Crippen LogP contribution is -2.43. The average Bonchev–Trinajstić information content (AvgIpc) is 2.53. The molecule has 0 aromatic heterocycles. The van der Waals surface area contributed by atoms with Gasteiger partial charge in [0.05, 0.1) is 18.1 Å². The normalized spacial score (nSPS) is 23.6. The summed E-state index contributed by atoms with van der Waals surface area (Å²) in [6, 6.07) is 0. The van der Waals surface area contributed by atoms with E-state index < -0.39 is 29.7 Å². The monoisotopic (exact) mass is 374 g/mol. The van der Waals surface area contributed by atoms with Gasteiger partial charge in [0.1, 0.15) is 5.92 Å². The van der Waals surface area contributed by atoms with Gasteiger partial charge in [0, 0.05) is 5.92 Å². The Hall–Kier alpha value is -2.43. The second-order valence-electron chi connectivity index (χ2n) is 6.96. The predicted octanol–water partition coefficient (Wildman–Crippen LogP) is 3.96. The highest BCUT2D eigenvalue weighted by Gasteiger charge is 2.46. The molecule has 3 atom stereocenters. The van der Waals surface area contributed by atoms with Crippen molar-refractivity contribution in [2.24, 2.45) is 17.8 Å². The van der Waals surface area contributed by atoms with Crippen LogP contribution in [0, 0.1) is 17.8 Å². The molecule has 5 nitrogen and oxygen atoms in total. The van der Waals surface area contributed by atoms with Gasteiger partial charge in [-0.2, -0.15) is 0 Å². The molecule has 0 aromatic carbocycles. The third kappa shape index (κ3) is 6.35. The number of hydrogen-bond donors (Lipinski definition) is 0. The number of hydrogen-bond acceptors (Lipinski definition) is 5. The highest BCUT2D eigenvalue weighted by molar-refractivity contribution is 6.08. The Balaban J connectivity index is 3.44. The standard InChI is InChI=1S/C22H30O5/c1-7-9-10-12-16-13-18(23)20(22(25)27-15(5)6)17(11-8-2)19(16)21(24)26-14(3)4/h7-15,17,19-20H,1-6H3/b9-7+,11-8+,12-10+. The molecule has 5 heteroatoms. The van der Waals surface area contributed by atoms with E-state index in [0.717, 1.165) is 0 Å². The van der Waals surface area contributed by atoms with Gasteiger partial charge in [0.2, 0.25) is 0 Å². The van der Waals surface area contributed by atoms with Gasteiger partial charge in [0.25, 0.3) is 0 Å². The van der Waals surface area contributed by atoms with Crippen LogP contribution in [-0.2, 0) is 23.9 Å². The molecule has 0 bridgehead atoms. The summed E-state index contributed by atoms with van der Waals surface area (Å²) >= 11 is 0. The molecule has 1 rings (SSSR count). The molecule has 0 radical (unpaired) electrons. The highest BCUT2D eigenvalue weighted by Crippen LogP contribution is 2.37. The van der Waals surface area contributed by atoms with Gasteiger partial charge in [-0.1, -0.05) is 36.5 Å². The summed E-state index contributed by atoms with van der Waals surface area (Å²) in [5, 5.41) is 0. The molecule has 0 fully saturated rings. The predicted molar refractivity (Wildman–Crippen MR) is 105 cm³/mol. The first kappa shape index (κ1) is 22.6. The minimum absolute atomic E-state index is 0.303. The van der Waals surface area contributed by atoms with Gasteiger partial charge >= 0.3 is 11.9 Å². The quantitative estimate of drug-likeness (QED) is 0.292. The van der Waals surface area contributed by atoms with Gasteiger partial charge < -0.3 is 9.47 Å². The van der Waals surface area contributed by atoms with Crippen LogP contribution in [0.15, 0.2) is 48.1 Å². The van der Waals surface area contributed by atoms with Crippen LogP contribution in [0.2, 0.25) is 0 Å². The van der Waals surface area contributed by atoms with Crippen molar-refractivity contribution in [2.75, 3.05) is 0 Å². The van der Waals surface area contributed by atoms with E-state index in [1.165, 1.54) is 6.08 Å². The zero-order chi connectivity index (χ0) is 20.6. The first-order valence-electron chi connectivity index (χ1n) is 9.31. The van der Waals surface area contributed by atoms with Crippen molar-refractivity contribution in [3.63, 3.8) is 0 Å². The van der Waals surface area contributed by atoms with Crippen molar-refractivity contribution >= 4 is 17.7 Å². The van der Waals surface area contributed by atoms with Gasteiger partial charge in [-0.05, 0) is 53.2 Å². The summed E-state index contributed by atoms with van der Waals surface area (Å²) in [6.07, 6.45) is 11.3. The fraction of sp³-hybridized carbons (Fsp3) is 0.500. The van der Waals surface area contributed by atoms with Crippen LogP contribution >= 0.6 is 0 Å². The van der Waals surface area contributed by atoms with E-state index in [9.17, 15) is 14.4 Å². The number of allylic oxidation sites excluding steroid dienone is 7. The van der Waals surface area contributed by atoms with Crippen molar-refractivity contribution in [3.8, 4) is 0 Å². The van der Waals surface area contributed by atoms with Gasteiger partial charge in [-0.25, -0.2) is 0 Å². The summed E-state index contributed by atoms with van der Waals surface area (Å²) in [6.45, 7) is 10.6. The Morgan fingerprint density at radius 1 is 0.926 bits per heavy atom. The van der Waals surface area contributed by atoms with Crippen LogP contribution in [0.5, 0.6) is 0 Å². The molecule has 0 heterocycles. The van der Waals surface area contributed by atoms with Crippen LogP contribution < -0.4 is 0 Å². The molecule has 0 amide bonds. The molecular weight excluding hydrogens is 344 g/mol. The molecule has 3 unspecified atom stereocenters. The number of ketones is 1. The number of esters is 2. The smallest absolute Gasteiger partial charge is 0.317 e. The van der Waals surface area contributed by atoms with Crippen LogP contribution in [0.3, 0.4) is 0 Å². The van der Waals surface area contributed by atoms with Gasteiger partial charge in [-0.15, -0.1) is 0 Å². The largest absolute Gasteiger partial charge is 0.462 e. The lowest BCUT2D eigenvalue weighted by molar-refractivity contribution is -0.160. The lowest BCUT2D eigenvalue weighted by atomic mass is 9.70. The first-order valence-corrected chi connectivity index (χ1v) is 9.31. The molecule has 0 saturated carbocycles. The zero-order valence-electron chi connectivity index (χ0n) is 17.0. The fourth-order valence-corrected chi connectivity index (χ4v) is 3.00. The second kappa shape index (κ2) is 10.7. The Morgan fingerprint density at radius 2 is 1.48 bits per heavy atom. The molecule has 1 aliphatic carbocycles. The van der Waals surface area contributed by atoms with Crippen LogP contribution in [0.1, 0.15) is 41.5 Å². The van der Waals surface area contributed by atoms with E-state index in [1.54, 1.807) is 65.0 Å². The number of ether oxygens (including phenoxy) is 2. The molecule has 0 aromatic rings. The maximum absolute atomic E-state index is 12.8. The summed E-state index contributed by atoms with van der Waals surface area (Å²) in [5.74, 6) is -3.92. The maximum atomic E-state index is 12.8. The molecule has 27 heavy (non-hydrogen) atoms. The molecule has 0 N–H and O–H groups in total. The average molecular weight is 374 g/mol. The number of rotatable bonds is 7. The van der Waals surface area contributed by atoms with Gasteiger partial charge in [-0.3, -0.25) is 14.4 Å². The van der Waals surface area contributed by atoms with E-state index in [0.29, 0.717) is 5.57 Å². The maximum Gasteiger partial charge on any atom is 0.317 e. The summed E-state index contributed by atoms with van der Waals surface area (Å²) in [4.78, 5) is 38.1. The minimum Gasteiger partial charge on any atom is -0.462 e. The van der Waals surface area contributed by atoms with E-state index >= 15 is 0 Å². The van der Waals surface area contributed by atoms with Crippen molar-refractivity contribution < 1.29 is 23.9 Å². The molecule has 1 aliphatic rings. The molecule has 0 spiro atoms. The van der Waals surface area contributed by atoms with Crippen molar-refractivity contribution in [1.29, 1.82) is 0 Å². The minimum atomic E-state index is -1.06. The number of carbonyl (C=O) groups is 3. The third-order valence-corrected chi connectivity index (χ3v) is 3.96. The van der Waals surface area contributed by atoms with E-state index in [1.807, 2.05) is 13.0 Å². The molecule has 0 saturated heterocycles. The first-order chi connectivity index (χ1) is 12.7. The SMILES string of the molecule is C/C=C/C=C/C1=CC(=O)C(C(=O)OC(C)C)C(/C=C/C)C1C(=O)OC(C)C. The van der Waals surface area contributed by atoms with E-state index in [4.69, 9.17) is 9.47 Å².